The van der Waals surface area contributed by atoms with Crippen LogP contribution in [0.25, 0.3) is 0 Å². The lowest BCUT2D eigenvalue weighted by molar-refractivity contribution is 0.0956. The highest BCUT2D eigenvalue weighted by molar-refractivity contribution is 5.99. The minimum atomic E-state index is -0.390. The Morgan fingerprint density at radius 3 is 2.47 bits per heavy atom. The fourth-order valence-electron chi connectivity index (χ4n) is 1.46. The number of hydrogen-bond acceptors (Lipinski definition) is 3. The molecule has 0 heterocycles. The summed E-state index contributed by atoms with van der Waals surface area (Å²) in [6.45, 7) is 0.659. The maximum absolute atomic E-state index is 11.8. The summed E-state index contributed by atoms with van der Waals surface area (Å²) in [6, 6.07) is 8.78. The van der Waals surface area contributed by atoms with Gasteiger partial charge in [0.15, 0.2) is 5.78 Å². The van der Waals surface area contributed by atoms with Gasteiger partial charge in [0.1, 0.15) is 0 Å². The monoisotopic (exact) mass is 206 g/mol. The van der Waals surface area contributed by atoms with Gasteiger partial charge in [0.05, 0.1) is 6.04 Å². The van der Waals surface area contributed by atoms with Gasteiger partial charge in [-0.25, -0.2) is 0 Å². The van der Waals surface area contributed by atoms with Crippen molar-refractivity contribution in [3.05, 3.63) is 35.9 Å². The van der Waals surface area contributed by atoms with E-state index in [4.69, 9.17) is 11.5 Å². The highest BCUT2D eigenvalue weighted by Crippen LogP contribution is 2.06. The van der Waals surface area contributed by atoms with Crippen LogP contribution in [0, 0.1) is 0 Å². The highest BCUT2D eigenvalue weighted by Gasteiger charge is 2.14. The molecule has 1 atom stereocenters. The van der Waals surface area contributed by atoms with Crippen molar-refractivity contribution in [1.29, 1.82) is 0 Å². The average molecular weight is 206 g/mol. The Morgan fingerprint density at radius 1 is 1.20 bits per heavy atom. The van der Waals surface area contributed by atoms with Crippen molar-refractivity contribution < 1.29 is 4.79 Å². The molecule has 0 aliphatic carbocycles. The van der Waals surface area contributed by atoms with E-state index in [1.807, 2.05) is 18.2 Å². The van der Waals surface area contributed by atoms with Crippen molar-refractivity contribution in [2.24, 2.45) is 11.5 Å². The van der Waals surface area contributed by atoms with Gasteiger partial charge in [0, 0.05) is 5.56 Å². The number of benzene rings is 1. The van der Waals surface area contributed by atoms with E-state index in [2.05, 4.69) is 0 Å². The van der Waals surface area contributed by atoms with Crippen LogP contribution in [0.5, 0.6) is 0 Å². The van der Waals surface area contributed by atoms with Crippen molar-refractivity contribution >= 4 is 5.78 Å². The Hall–Kier alpha value is -1.19. The number of carbonyl (C=O) groups excluding carboxylic acids is 1. The minimum Gasteiger partial charge on any atom is -0.330 e. The molecular weight excluding hydrogens is 188 g/mol. The second kappa shape index (κ2) is 6.32. The molecule has 82 valence electrons. The molecule has 1 rings (SSSR count). The molecule has 1 unspecified atom stereocenters. The number of rotatable bonds is 6. The zero-order valence-corrected chi connectivity index (χ0v) is 8.86. The third-order valence-corrected chi connectivity index (χ3v) is 2.36. The molecule has 0 saturated carbocycles. The van der Waals surface area contributed by atoms with Crippen LogP contribution in [-0.2, 0) is 0 Å². The molecule has 0 aliphatic heterocycles. The number of Topliss-reactive ketones (excluding diaryl/α,β-unsaturated/α-hetero) is 1. The van der Waals surface area contributed by atoms with Gasteiger partial charge in [-0.2, -0.15) is 0 Å². The van der Waals surface area contributed by atoms with E-state index in [1.165, 1.54) is 0 Å². The normalized spacial score (nSPS) is 12.4. The van der Waals surface area contributed by atoms with Crippen LogP contribution in [0.1, 0.15) is 29.6 Å². The summed E-state index contributed by atoms with van der Waals surface area (Å²) >= 11 is 0. The molecule has 0 saturated heterocycles. The first-order chi connectivity index (χ1) is 7.25. The smallest absolute Gasteiger partial charge is 0.179 e. The summed E-state index contributed by atoms with van der Waals surface area (Å²) in [6.07, 6.45) is 2.55. The molecule has 0 bridgehead atoms. The first kappa shape index (κ1) is 11.9. The molecule has 15 heavy (non-hydrogen) atoms. The molecule has 0 radical (unpaired) electrons. The minimum absolute atomic E-state index is 0.0209. The summed E-state index contributed by atoms with van der Waals surface area (Å²) in [4.78, 5) is 11.8. The number of hydrogen-bond donors (Lipinski definition) is 2. The second-order valence-electron chi connectivity index (χ2n) is 3.62. The Balaban J connectivity index is 2.46. The predicted molar refractivity (Wildman–Crippen MR) is 61.7 cm³/mol. The Morgan fingerprint density at radius 2 is 1.87 bits per heavy atom. The summed E-state index contributed by atoms with van der Waals surface area (Å²) in [5.41, 5.74) is 11.9. The van der Waals surface area contributed by atoms with Gasteiger partial charge < -0.3 is 11.5 Å². The van der Waals surface area contributed by atoms with E-state index < -0.39 is 0 Å². The number of ketones is 1. The molecule has 1 aromatic carbocycles. The van der Waals surface area contributed by atoms with Gasteiger partial charge >= 0.3 is 0 Å². The maximum Gasteiger partial charge on any atom is 0.179 e. The summed E-state index contributed by atoms with van der Waals surface area (Å²) < 4.78 is 0. The molecule has 0 fully saturated rings. The molecule has 0 aliphatic rings. The largest absolute Gasteiger partial charge is 0.330 e. The average Bonchev–Trinajstić information content (AvgIpc) is 2.29. The van der Waals surface area contributed by atoms with E-state index in [0.717, 1.165) is 12.8 Å². The third kappa shape index (κ3) is 3.81. The number of nitrogens with two attached hydrogens (primary N) is 2. The van der Waals surface area contributed by atoms with Gasteiger partial charge in [0.25, 0.3) is 0 Å². The van der Waals surface area contributed by atoms with E-state index in [0.29, 0.717) is 18.5 Å². The molecule has 0 aromatic heterocycles. The van der Waals surface area contributed by atoms with E-state index in [9.17, 15) is 4.79 Å². The summed E-state index contributed by atoms with van der Waals surface area (Å²) in [5.74, 6) is 0.0209. The van der Waals surface area contributed by atoms with Gasteiger partial charge in [-0.1, -0.05) is 36.8 Å². The zero-order valence-electron chi connectivity index (χ0n) is 8.86. The van der Waals surface area contributed by atoms with E-state index >= 15 is 0 Å². The van der Waals surface area contributed by atoms with Crippen LogP contribution in [0.3, 0.4) is 0 Å². The van der Waals surface area contributed by atoms with Crippen LogP contribution in [0.15, 0.2) is 30.3 Å². The van der Waals surface area contributed by atoms with Crippen LogP contribution < -0.4 is 11.5 Å². The lowest BCUT2D eigenvalue weighted by atomic mass is 10.0. The number of carbonyl (C=O) groups is 1. The van der Waals surface area contributed by atoms with Gasteiger partial charge in [-0.3, -0.25) is 4.79 Å². The van der Waals surface area contributed by atoms with Crippen molar-refractivity contribution in [3.8, 4) is 0 Å². The Kier molecular flexibility index (Phi) is 5.01. The lowest BCUT2D eigenvalue weighted by Gasteiger charge is -2.09. The molecule has 4 N–H and O–H groups in total. The van der Waals surface area contributed by atoms with Crippen molar-refractivity contribution in [3.63, 3.8) is 0 Å². The molecule has 0 spiro atoms. The SMILES string of the molecule is NCCCCC(N)C(=O)c1ccccc1. The van der Waals surface area contributed by atoms with Gasteiger partial charge in [0.2, 0.25) is 0 Å². The van der Waals surface area contributed by atoms with Crippen LogP contribution in [0.2, 0.25) is 0 Å². The Bertz CT molecular complexity index is 298. The highest BCUT2D eigenvalue weighted by atomic mass is 16.1. The zero-order chi connectivity index (χ0) is 11.1. The van der Waals surface area contributed by atoms with Crippen molar-refractivity contribution in [2.75, 3.05) is 6.54 Å². The van der Waals surface area contributed by atoms with Crippen LogP contribution >= 0.6 is 0 Å². The van der Waals surface area contributed by atoms with Gasteiger partial charge in [-0.05, 0) is 19.4 Å². The van der Waals surface area contributed by atoms with Gasteiger partial charge in [-0.15, -0.1) is 0 Å². The fraction of sp³-hybridized carbons (Fsp3) is 0.417. The quantitative estimate of drug-likeness (QED) is 0.545. The maximum atomic E-state index is 11.8. The topological polar surface area (TPSA) is 69.1 Å². The number of unbranched alkanes of at least 4 members (excludes halogenated alkanes) is 1. The molecule has 3 nitrogen and oxygen atoms in total. The second-order valence-corrected chi connectivity index (χ2v) is 3.62. The predicted octanol–water partition coefficient (Wildman–Crippen LogP) is 1.33. The molecular formula is C12H18N2O. The standard InChI is InChI=1S/C12H18N2O/c13-9-5-4-8-11(14)12(15)10-6-2-1-3-7-10/h1-3,6-7,11H,4-5,8-9,13-14H2. The molecule has 0 amide bonds. The van der Waals surface area contributed by atoms with Crippen LogP contribution in [-0.4, -0.2) is 18.4 Å². The first-order valence-electron chi connectivity index (χ1n) is 5.30. The van der Waals surface area contributed by atoms with Crippen molar-refractivity contribution in [1.82, 2.24) is 0 Å². The summed E-state index contributed by atoms with van der Waals surface area (Å²) in [7, 11) is 0. The molecule has 3 heteroatoms. The van der Waals surface area contributed by atoms with Crippen molar-refractivity contribution in [2.45, 2.75) is 25.3 Å². The Labute approximate surface area is 90.5 Å². The third-order valence-electron chi connectivity index (χ3n) is 2.36. The fourth-order valence-corrected chi connectivity index (χ4v) is 1.46. The van der Waals surface area contributed by atoms with Crippen LogP contribution in [0.4, 0.5) is 0 Å². The van der Waals surface area contributed by atoms with E-state index in [1.54, 1.807) is 12.1 Å². The summed E-state index contributed by atoms with van der Waals surface area (Å²) in [5, 5.41) is 0. The molecule has 1 aromatic rings. The lowest BCUT2D eigenvalue weighted by Crippen LogP contribution is -2.30. The first-order valence-corrected chi connectivity index (χ1v) is 5.30. The van der Waals surface area contributed by atoms with E-state index in [-0.39, 0.29) is 11.8 Å².